The van der Waals surface area contributed by atoms with Gasteiger partial charge in [-0.25, -0.2) is 19.3 Å². The number of hydrogen-bond acceptors (Lipinski definition) is 5. The third-order valence-corrected chi connectivity index (χ3v) is 5.27. The highest BCUT2D eigenvalue weighted by Crippen LogP contribution is 2.34. The first kappa shape index (κ1) is 19.5. The monoisotopic (exact) mass is 394 g/mol. The molecule has 29 heavy (non-hydrogen) atoms. The van der Waals surface area contributed by atoms with Crippen LogP contribution in [0.15, 0.2) is 36.5 Å². The zero-order chi connectivity index (χ0) is 20.4. The van der Waals surface area contributed by atoms with E-state index in [0.29, 0.717) is 11.9 Å². The molecule has 0 unspecified atom stereocenters. The fourth-order valence-electron chi connectivity index (χ4n) is 3.69. The Morgan fingerprint density at radius 2 is 1.83 bits per heavy atom. The number of rotatable bonds is 5. The molecule has 0 amide bonds. The van der Waals surface area contributed by atoms with E-state index in [9.17, 15) is 4.39 Å². The molecule has 1 aromatic carbocycles. The molecule has 6 nitrogen and oxygen atoms in total. The van der Waals surface area contributed by atoms with Gasteiger partial charge in [0, 0.05) is 23.7 Å². The molecular formula is C22H27FN6. The summed E-state index contributed by atoms with van der Waals surface area (Å²) in [5.41, 5.74) is 3.29. The maximum absolute atomic E-state index is 13.5. The number of aromatic amines is 1. The third-order valence-electron chi connectivity index (χ3n) is 5.27. The molecule has 3 aromatic rings. The molecule has 1 fully saturated rings. The highest BCUT2D eigenvalue weighted by atomic mass is 19.1. The van der Waals surface area contributed by atoms with Crippen molar-refractivity contribution >= 4 is 5.95 Å². The quantitative estimate of drug-likeness (QED) is 0.675. The molecule has 152 valence electrons. The Hall–Kier alpha value is -2.80. The molecule has 0 radical (unpaired) electrons. The number of anilines is 1. The van der Waals surface area contributed by atoms with Crippen LogP contribution in [0.1, 0.15) is 38.4 Å². The predicted octanol–water partition coefficient (Wildman–Crippen LogP) is 4.30. The van der Waals surface area contributed by atoms with Crippen LogP contribution in [0.4, 0.5) is 10.3 Å². The van der Waals surface area contributed by atoms with Gasteiger partial charge in [-0.2, -0.15) is 0 Å². The van der Waals surface area contributed by atoms with Gasteiger partial charge in [-0.3, -0.25) is 0 Å². The van der Waals surface area contributed by atoms with Crippen molar-refractivity contribution in [1.82, 2.24) is 24.8 Å². The third kappa shape index (κ3) is 4.45. The predicted molar refractivity (Wildman–Crippen MR) is 113 cm³/mol. The van der Waals surface area contributed by atoms with Crippen molar-refractivity contribution in [3.05, 3.63) is 48.2 Å². The van der Waals surface area contributed by atoms with Gasteiger partial charge in [0.1, 0.15) is 11.6 Å². The minimum absolute atomic E-state index is 0.235. The molecule has 0 bridgehead atoms. The maximum atomic E-state index is 13.5. The second-order valence-electron chi connectivity index (χ2n) is 7.99. The van der Waals surface area contributed by atoms with Gasteiger partial charge < -0.3 is 15.2 Å². The van der Waals surface area contributed by atoms with Crippen LogP contribution in [0.2, 0.25) is 0 Å². The molecular weight excluding hydrogens is 367 g/mol. The first-order valence-corrected chi connectivity index (χ1v) is 10.1. The lowest BCUT2D eigenvalue weighted by Gasteiger charge is -2.27. The Labute approximate surface area is 170 Å². The van der Waals surface area contributed by atoms with Gasteiger partial charge in [0.05, 0.1) is 17.1 Å². The largest absolute Gasteiger partial charge is 0.352 e. The van der Waals surface area contributed by atoms with E-state index in [-0.39, 0.29) is 11.9 Å². The second-order valence-corrected chi connectivity index (χ2v) is 7.99. The van der Waals surface area contributed by atoms with E-state index in [1.165, 1.54) is 12.1 Å². The van der Waals surface area contributed by atoms with Crippen molar-refractivity contribution in [2.45, 2.75) is 38.6 Å². The molecule has 0 aliphatic carbocycles. The van der Waals surface area contributed by atoms with Crippen LogP contribution in [0.25, 0.3) is 22.6 Å². The summed E-state index contributed by atoms with van der Waals surface area (Å²) in [6.45, 7) is 6.22. The van der Waals surface area contributed by atoms with Gasteiger partial charge in [0.15, 0.2) is 0 Å². The molecule has 3 heterocycles. The zero-order valence-corrected chi connectivity index (χ0v) is 17.1. The highest BCUT2D eigenvalue weighted by Gasteiger charge is 2.24. The normalized spacial score (nSPS) is 15.8. The Morgan fingerprint density at radius 1 is 1.10 bits per heavy atom. The summed E-state index contributed by atoms with van der Waals surface area (Å²) in [4.78, 5) is 19.8. The molecule has 4 rings (SSSR count). The number of H-pyrrole nitrogens is 1. The number of nitrogens with one attached hydrogen (secondary N) is 2. The van der Waals surface area contributed by atoms with E-state index in [2.05, 4.69) is 32.2 Å². The van der Waals surface area contributed by atoms with Crippen LogP contribution in [0.3, 0.4) is 0 Å². The Balaban J connectivity index is 1.76. The standard InChI is InChI=1S/C22H27FN6/c1-14(2)25-22-24-11-8-18(26-22)20-19(15-4-6-17(23)7-5-15)27-21(28-20)16-9-12-29(3)13-10-16/h4-8,11,14,16H,9-10,12-13H2,1-3H3,(H,27,28)(H,24,25,26). The molecule has 0 spiro atoms. The Bertz CT molecular complexity index is 958. The van der Waals surface area contributed by atoms with Gasteiger partial charge in [-0.15, -0.1) is 0 Å². The van der Waals surface area contributed by atoms with E-state index in [1.807, 2.05) is 19.9 Å². The lowest BCUT2D eigenvalue weighted by atomic mass is 9.96. The molecule has 1 aliphatic rings. The van der Waals surface area contributed by atoms with Crippen molar-refractivity contribution in [3.8, 4) is 22.6 Å². The summed E-state index contributed by atoms with van der Waals surface area (Å²) < 4.78 is 13.5. The van der Waals surface area contributed by atoms with Gasteiger partial charge in [0.2, 0.25) is 5.95 Å². The van der Waals surface area contributed by atoms with Crippen molar-refractivity contribution in [1.29, 1.82) is 0 Å². The minimum atomic E-state index is -0.258. The second kappa shape index (κ2) is 8.29. The van der Waals surface area contributed by atoms with Crippen molar-refractivity contribution in [2.75, 3.05) is 25.5 Å². The number of nitrogens with zero attached hydrogens (tertiary/aromatic N) is 4. The lowest BCUT2D eigenvalue weighted by molar-refractivity contribution is 0.251. The molecule has 1 aliphatic heterocycles. The average Bonchev–Trinajstić information content (AvgIpc) is 3.14. The molecule has 2 aromatic heterocycles. The Morgan fingerprint density at radius 3 is 2.52 bits per heavy atom. The first-order valence-electron chi connectivity index (χ1n) is 10.1. The first-order chi connectivity index (χ1) is 14.0. The van der Waals surface area contributed by atoms with E-state index in [0.717, 1.165) is 54.4 Å². The summed E-state index contributed by atoms with van der Waals surface area (Å²) >= 11 is 0. The lowest BCUT2D eigenvalue weighted by Crippen LogP contribution is -2.29. The van der Waals surface area contributed by atoms with E-state index >= 15 is 0 Å². The van der Waals surface area contributed by atoms with Gasteiger partial charge in [0.25, 0.3) is 0 Å². The van der Waals surface area contributed by atoms with Crippen molar-refractivity contribution in [3.63, 3.8) is 0 Å². The fraction of sp³-hybridized carbons (Fsp3) is 0.409. The van der Waals surface area contributed by atoms with Gasteiger partial charge >= 0.3 is 0 Å². The van der Waals surface area contributed by atoms with Crippen LogP contribution < -0.4 is 5.32 Å². The molecule has 1 saturated heterocycles. The average molecular weight is 394 g/mol. The number of likely N-dealkylation sites (tertiary alicyclic amines) is 1. The van der Waals surface area contributed by atoms with E-state index in [1.54, 1.807) is 18.3 Å². The summed E-state index contributed by atoms with van der Waals surface area (Å²) in [6, 6.07) is 8.58. The van der Waals surface area contributed by atoms with E-state index in [4.69, 9.17) is 4.98 Å². The number of benzene rings is 1. The summed E-state index contributed by atoms with van der Waals surface area (Å²) in [7, 11) is 2.15. The summed E-state index contributed by atoms with van der Waals surface area (Å²) in [5, 5.41) is 3.24. The smallest absolute Gasteiger partial charge is 0.223 e. The Kier molecular flexibility index (Phi) is 5.58. The molecule has 2 N–H and O–H groups in total. The number of halogens is 1. The zero-order valence-electron chi connectivity index (χ0n) is 17.1. The van der Waals surface area contributed by atoms with Crippen molar-refractivity contribution in [2.24, 2.45) is 0 Å². The van der Waals surface area contributed by atoms with Crippen LogP contribution in [0.5, 0.6) is 0 Å². The number of hydrogen-bond donors (Lipinski definition) is 2. The van der Waals surface area contributed by atoms with Gasteiger partial charge in [-0.1, -0.05) is 0 Å². The molecule has 0 atom stereocenters. The maximum Gasteiger partial charge on any atom is 0.223 e. The number of imidazole rings is 1. The molecule has 0 saturated carbocycles. The summed E-state index contributed by atoms with van der Waals surface area (Å²) in [5.74, 6) is 1.68. The SMILES string of the molecule is CC(C)Nc1nccc(-c2[nH]c(C3CCN(C)CC3)nc2-c2ccc(F)cc2)n1. The molecule has 7 heteroatoms. The van der Waals surface area contributed by atoms with Crippen LogP contribution in [-0.2, 0) is 0 Å². The van der Waals surface area contributed by atoms with Gasteiger partial charge in [-0.05, 0) is 77.2 Å². The fourth-order valence-corrected chi connectivity index (χ4v) is 3.69. The van der Waals surface area contributed by atoms with Crippen LogP contribution >= 0.6 is 0 Å². The summed E-state index contributed by atoms with van der Waals surface area (Å²) in [6.07, 6.45) is 3.88. The topological polar surface area (TPSA) is 69.7 Å². The van der Waals surface area contributed by atoms with E-state index < -0.39 is 0 Å². The van der Waals surface area contributed by atoms with Crippen LogP contribution in [-0.4, -0.2) is 51.0 Å². The van der Waals surface area contributed by atoms with Crippen molar-refractivity contribution < 1.29 is 4.39 Å². The number of piperidine rings is 1. The number of aromatic nitrogens is 4. The highest BCUT2D eigenvalue weighted by molar-refractivity contribution is 5.77. The van der Waals surface area contributed by atoms with Crippen LogP contribution in [0, 0.1) is 5.82 Å². The minimum Gasteiger partial charge on any atom is -0.352 e.